The van der Waals surface area contributed by atoms with Crippen LogP contribution >= 0.6 is 0 Å². The summed E-state index contributed by atoms with van der Waals surface area (Å²) < 4.78 is 2.04. The number of hydrogen-bond donors (Lipinski definition) is 1. The molecule has 6 nitrogen and oxygen atoms in total. The maximum Gasteiger partial charge on any atom is 0.222 e. The van der Waals surface area contributed by atoms with Gasteiger partial charge in [-0.15, -0.1) is 0 Å². The van der Waals surface area contributed by atoms with Crippen LogP contribution in [0.2, 0.25) is 0 Å². The number of fused-ring (bicyclic) bond motifs is 2. The molecule has 3 atom stereocenters. The molecule has 1 N–H and O–H groups in total. The molecule has 1 amide bonds. The van der Waals surface area contributed by atoms with Crippen molar-refractivity contribution in [3.8, 4) is 0 Å². The Bertz CT molecular complexity index is 940. The number of aryl methyl sites for hydroxylation is 2. The second-order valence-electron chi connectivity index (χ2n) is 10.3. The van der Waals surface area contributed by atoms with E-state index in [-0.39, 0.29) is 5.91 Å². The Hall–Kier alpha value is -2.18. The average molecular weight is 466 g/mol. The summed E-state index contributed by atoms with van der Waals surface area (Å²) in [6.45, 7) is 15.2. The van der Waals surface area contributed by atoms with E-state index in [0.717, 1.165) is 57.2 Å². The minimum absolute atomic E-state index is 0.272. The van der Waals surface area contributed by atoms with Crippen molar-refractivity contribution in [3.63, 3.8) is 0 Å². The molecule has 0 radical (unpaired) electrons. The number of aromatic nitrogens is 2. The van der Waals surface area contributed by atoms with Crippen molar-refractivity contribution >= 4 is 5.91 Å². The molecule has 1 aromatic carbocycles. The Labute approximate surface area is 205 Å². The highest BCUT2D eigenvalue weighted by molar-refractivity contribution is 5.76. The molecule has 2 aliphatic rings. The van der Waals surface area contributed by atoms with Gasteiger partial charge in [0.25, 0.3) is 0 Å². The first-order valence-corrected chi connectivity index (χ1v) is 13.3. The summed E-state index contributed by atoms with van der Waals surface area (Å²) in [5, 5.41) is 8.45. The van der Waals surface area contributed by atoms with Gasteiger partial charge in [-0.3, -0.25) is 14.4 Å². The Kier molecular flexibility index (Phi) is 8.43. The molecule has 6 heteroatoms. The minimum atomic E-state index is 0.272. The Balaban J connectivity index is 1.27. The van der Waals surface area contributed by atoms with Crippen molar-refractivity contribution in [2.24, 2.45) is 11.8 Å². The molecule has 34 heavy (non-hydrogen) atoms. The number of hydrogen-bond acceptors (Lipinski definition) is 4. The largest absolute Gasteiger partial charge is 0.339 e. The van der Waals surface area contributed by atoms with Gasteiger partial charge in [0, 0.05) is 63.0 Å². The third-order valence-electron chi connectivity index (χ3n) is 7.95. The summed E-state index contributed by atoms with van der Waals surface area (Å²) in [7, 11) is 0. The Morgan fingerprint density at radius 2 is 1.97 bits per heavy atom. The number of amides is 1. The summed E-state index contributed by atoms with van der Waals surface area (Å²) in [6.07, 6.45) is 4.01. The fourth-order valence-electron chi connectivity index (χ4n) is 6.05. The lowest BCUT2D eigenvalue weighted by Crippen LogP contribution is -2.55. The number of carbonyl (C=O) groups excluding carboxylic acids is 1. The first kappa shape index (κ1) is 24.9. The molecule has 2 fully saturated rings. The van der Waals surface area contributed by atoms with Crippen molar-refractivity contribution in [1.29, 1.82) is 0 Å². The molecule has 186 valence electrons. The van der Waals surface area contributed by atoms with Gasteiger partial charge in [0.1, 0.15) is 0 Å². The first-order chi connectivity index (χ1) is 16.5. The summed E-state index contributed by atoms with van der Waals surface area (Å²) in [4.78, 5) is 17.7. The number of carbonyl (C=O) groups is 1. The molecule has 0 saturated carbocycles. The molecule has 2 aliphatic heterocycles. The molecule has 0 aliphatic carbocycles. The zero-order valence-corrected chi connectivity index (χ0v) is 21.6. The van der Waals surface area contributed by atoms with Gasteiger partial charge in [-0.1, -0.05) is 30.3 Å². The average Bonchev–Trinajstić information content (AvgIpc) is 3.11. The van der Waals surface area contributed by atoms with Crippen LogP contribution in [0.1, 0.15) is 62.0 Å². The van der Waals surface area contributed by atoms with Crippen LogP contribution in [0, 0.1) is 25.7 Å². The van der Waals surface area contributed by atoms with Crippen LogP contribution in [0.15, 0.2) is 30.3 Å². The van der Waals surface area contributed by atoms with Gasteiger partial charge in [-0.25, -0.2) is 0 Å². The van der Waals surface area contributed by atoms with Crippen LogP contribution in [-0.4, -0.2) is 57.7 Å². The van der Waals surface area contributed by atoms with Crippen LogP contribution in [0.3, 0.4) is 0 Å². The van der Waals surface area contributed by atoms with E-state index in [0.29, 0.717) is 24.9 Å². The smallest absolute Gasteiger partial charge is 0.222 e. The highest BCUT2D eigenvalue weighted by atomic mass is 16.2. The standard InChI is InChI=1S/C28H43N5O/c1-5-32(20-26-21(3)30-33(6-2)22(26)4)28(34)14-10-13-27-25-15-24(16-29-27)18-31(19-25)17-23-11-8-7-9-12-23/h7-9,11-12,24-25,27,29H,5-6,10,13-20H2,1-4H3/t24?,25?,27-/m1/s1. The minimum Gasteiger partial charge on any atom is -0.339 e. The number of nitrogens with zero attached hydrogens (tertiary/aromatic N) is 4. The third kappa shape index (κ3) is 5.89. The number of benzene rings is 1. The fraction of sp³-hybridized carbons (Fsp3) is 0.643. The predicted octanol–water partition coefficient (Wildman–Crippen LogP) is 4.15. The van der Waals surface area contributed by atoms with E-state index in [1.54, 1.807) is 0 Å². The van der Waals surface area contributed by atoms with Crippen molar-refractivity contribution in [2.75, 3.05) is 26.2 Å². The van der Waals surface area contributed by atoms with Gasteiger partial charge in [0.05, 0.1) is 5.69 Å². The topological polar surface area (TPSA) is 53.4 Å². The van der Waals surface area contributed by atoms with E-state index >= 15 is 0 Å². The molecule has 1 aromatic heterocycles. The van der Waals surface area contributed by atoms with Crippen LogP contribution in [0.4, 0.5) is 0 Å². The first-order valence-electron chi connectivity index (χ1n) is 13.3. The molecule has 2 saturated heterocycles. The normalized spacial score (nSPS) is 22.6. The quantitative estimate of drug-likeness (QED) is 0.573. The molecule has 2 aromatic rings. The fourth-order valence-corrected chi connectivity index (χ4v) is 6.05. The van der Waals surface area contributed by atoms with E-state index in [1.807, 2.05) is 9.58 Å². The summed E-state index contributed by atoms with van der Waals surface area (Å²) >= 11 is 0. The van der Waals surface area contributed by atoms with Crippen LogP contribution < -0.4 is 5.32 Å². The second kappa shape index (κ2) is 11.5. The zero-order chi connectivity index (χ0) is 24.1. The molecule has 0 spiro atoms. The summed E-state index contributed by atoms with van der Waals surface area (Å²) in [5.41, 5.74) is 4.85. The molecule has 4 rings (SSSR count). The monoisotopic (exact) mass is 465 g/mol. The van der Waals surface area contributed by atoms with Crippen LogP contribution in [-0.2, 0) is 24.4 Å². The Morgan fingerprint density at radius 3 is 2.68 bits per heavy atom. The summed E-state index contributed by atoms with van der Waals surface area (Å²) in [6, 6.07) is 11.4. The lowest BCUT2D eigenvalue weighted by atomic mass is 9.79. The van der Waals surface area contributed by atoms with E-state index in [1.165, 1.54) is 29.8 Å². The SMILES string of the molecule is CCN(Cc1c(C)nn(CC)c1C)C(=O)CCC[C@H]1NCC2CC1CN(Cc1ccccc1)C2. The van der Waals surface area contributed by atoms with Gasteiger partial charge in [-0.2, -0.15) is 5.10 Å². The zero-order valence-electron chi connectivity index (χ0n) is 21.6. The predicted molar refractivity (Wildman–Crippen MR) is 137 cm³/mol. The highest BCUT2D eigenvalue weighted by Crippen LogP contribution is 2.31. The van der Waals surface area contributed by atoms with Crippen LogP contribution in [0.5, 0.6) is 0 Å². The highest BCUT2D eigenvalue weighted by Gasteiger charge is 2.36. The second-order valence-corrected chi connectivity index (χ2v) is 10.3. The van der Waals surface area contributed by atoms with Crippen molar-refractivity contribution < 1.29 is 4.79 Å². The van der Waals surface area contributed by atoms with Crippen molar-refractivity contribution in [2.45, 2.75) is 79.1 Å². The van der Waals surface area contributed by atoms with E-state index in [2.05, 4.69) is 73.3 Å². The maximum atomic E-state index is 13.1. The van der Waals surface area contributed by atoms with Crippen molar-refractivity contribution in [3.05, 3.63) is 52.8 Å². The van der Waals surface area contributed by atoms with Gasteiger partial charge in [0.2, 0.25) is 5.91 Å². The molecular weight excluding hydrogens is 422 g/mol. The van der Waals surface area contributed by atoms with Gasteiger partial charge < -0.3 is 10.2 Å². The Morgan fingerprint density at radius 1 is 1.18 bits per heavy atom. The number of likely N-dealkylation sites (tertiary alicyclic amines) is 1. The van der Waals surface area contributed by atoms with E-state index in [9.17, 15) is 4.79 Å². The number of piperidine rings is 2. The third-order valence-corrected chi connectivity index (χ3v) is 7.95. The van der Waals surface area contributed by atoms with Gasteiger partial charge >= 0.3 is 0 Å². The maximum absolute atomic E-state index is 13.1. The van der Waals surface area contributed by atoms with Gasteiger partial charge in [-0.05, 0) is 70.9 Å². The lowest BCUT2D eigenvalue weighted by Gasteiger charge is -2.46. The summed E-state index contributed by atoms with van der Waals surface area (Å²) in [5.74, 6) is 1.72. The van der Waals surface area contributed by atoms with Crippen LogP contribution in [0.25, 0.3) is 0 Å². The van der Waals surface area contributed by atoms with Gasteiger partial charge in [0.15, 0.2) is 0 Å². The van der Waals surface area contributed by atoms with E-state index < -0.39 is 0 Å². The lowest BCUT2D eigenvalue weighted by molar-refractivity contribution is -0.131. The molecule has 3 heterocycles. The van der Waals surface area contributed by atoms with Crippen molar-refractivity contribution in [1.82, 2.24) is 24.9 Å². The molecule has 2 bridgehead atoms. The molecule has 2 unspecified atom stereocenters. The molecular formula is C28H43N5O. The van der Waals surface area contributed by atoms with E-state index in [4.69, 9.17) is 0 Å². The number of nitrogens with one attached hydrogen (secondary N) is 1. The number of rotatable bonds is 10.